The molecule has 2 rings (SSSR count). The number of rotatable bonds is 7. The summed E-state index contributed by atoms with van der Waals surface area (Å²) in [6.45, 7) is 7.67. The van der Waals surface area contributed by atoms with E-state index in [0.717, 1.165) is 25.9 Å². The Morgan fingerprint density at radius 3 is 2.67 bits per heavy atom. The summed E-state index contributed by atoms with van der Waals surface area (Å²) in [5.41, 5.74) is 0. The molecule has 2 aliphatic heterocycles. The standard InChI is InChI=1S/C17H33N3O3S/c1-3-13-24(22,23)20-11-6-8-16(14-20)17(21)18-9-12-19-10-5-4-7-15(19)2/h15-16H,3-14H2,1-2H3,(H,18,21)/t15-,16-/m1/s1. The third-order valence-electron chi connectivity index (χ3n) is 5.25. The van der Waals surface area contributed by atoms with E-state index < -0.39 is 10.0 Å². The first kappa shape index (κ1) is 19.7. The highest BCUT2D eigenvalue weighted by atomic mass is 32.2. The number of piperidine rings is 2. The second-order valence-electron chi connectivity index (χ2n) is 7.18. The number of carbonyl (C=O) groups is 1. The van der Waals surface area contributed by atoms with Crippen LogP contribution in [0.2, 0.25) is 0 Å². The summed E-state index contributed by atoms with van der Waals surface area (Å²) in [4.78, 5) is 14.8. The van der Waals surface area contributed by atoms with Crippen molar-refractivity contribution in [2.75, 3.05) is 38.5 Å². The number of sulfonamides is 1. The molecule has 0 bridgehead atoms. The fraction of sp³-hybridized carbons (Fsp3) is 0.941. The molecule has 0 aromatic rings. The molecule has 2 aliphatic rings. The van der Waals surface area contributed by atoms with Crippen LogP contribution in [0.1, 0.15) is 52.4 Å². The number of hydrogen-bond acceptors (Lipinski definition) is 4. The number of nitrogens with zero attached hydrogens (tertiary/aromatic N) is 2. The highest BCUT2D eigenvalue weighted by Gasteiger charge is 2.31. The molecule has 0 aromatic heterocycles. The summed E-state index contributed by atoms with van der Waals surface area (Å²) in [6, 6.07) is 0.597. The molecule has 0 aliphatic carbocycles. The van der Waals surface area contributed by atoms with E-state index >= 15 is 0 Å². The first-order valence-electron chi connectivity index (χ1n) is 9.43. The van der Waals surface area contributed by atoms with Crippen LogP contribution < -0.4 is 5.32 Å². The Morgan fingerprint density at radius 2 is 1.96 bits per heavy atom. The van der Waals surface area contributed by atoms with Gasteiger partial charge in [0.25, 0.3) is 0 Å². The Morgan fingerprint density at radius 1 is 1.17 bits per heavy atom. The molecule has 0 radical (unpaired) electrons. The van der Waals surface area contributed by atoms with Crippen LogP contribution in [0.5, 0.6) is 0 Å². The van der Waals surface area contributed by atoms with Gasteiger partial charge in [-0.1, -0.05) is 13.3 Å². The second kappa shape index (κ2) is 9.15. The smallest absolute Gasteiger partial charge is 0.224 e. The third-order valence-corrected chi connectivity index (χ3v) is 7.29. The quantitative estimate of drug-likeness (QED) is 0.746. The van der Waals surface area contributed by atoms with E-state index in [4.69, 9.17) is 0 Å². The maximum absolute atomic E-state index is 12.4. The minimum Gasteiger partial charge on any atom is -0.355 e. The summed E-state index contributed by atoms with van der Waals surface area (Å²) in [7, 11) is -3.20. The van der Waals surface area contributed by atoms with Gasteiger partial charge >= 0.3 is 0 Å². The van der Waals surface area contributed by atoms with Crippen molar-refractivity contribution in [3.8, 4) is 0 Å². The predicted octanol–water partition coefficient (Wildman–Crippen LogP) is 1.43. The van der Waals surface area contributed by atoms with Crippen LogP contribution in [0.25, 0.3) is 0 Å². The first-order valence-corrected chi connectivity index (χ1v) is 11.0. The molecular weight excluding hydrogens is 326 g/mol. The lowest BCUT2D eigenvalue weighted by atomic mass is 9.99. The van der Waals surface area contributed by atoms with Crippen molar-refractivity contribution in [3.05, 3.63) is 0 Å². The van der Waals surface area contributed by atoms with Crippen LogP contribution in [0.4, 0.5) is 0 Å². The van der Waals surface area contributed by atoms with Crippen LogP contribution in [-0.4, -0.2) is 68.0 Å². The number of amides is 1. The summed E-state index contributed by atoms with van der Waals surface area (Å²) in [6.07, 6.45) is 5.94. The average Bonchev–Trinajstić information content (AvgIpc) is 2.56. The molecule has 0 unspecified atom stereocenters. The van der Waals surface area contributed by atoms with Gasteiger partial charge in [-0.05, 0) is 45.6 Å². The molecule has 1 amide bonds. The number of nitrogens with one attached hydrogen (secondary N) is 1. The van der Waals surface area contributed by atoms with Gasteiger partial charge in [-0.25, -0.2) is 12.7 Å². The monoisotopic (exact) mass is 359 g/mol. The van der Waals surface area contributed by atoms with Gasteiger partial charge in [0.1, 0.15) is 0 Å². The zero-order chi connectivity index (χ0) is 17.6. The molecule has 2 fully saturated rings. The highest BCUT2D eigenvalue weighted by Crippen LogP contribution is 2.20. The van der Waals surface area contributed by atoms with E-state index in [1.807, 2.05) is 6.92 Å². The van der Waals surface area contributed by atoms with E-state index in [-0.39, 0.29) is 17.6 Å². The lowest BCUT2D eigenvalue weighted by molar-refractivity contribution is -0.126. The largest absolute Gasteiger partial charge is 0.355 e. The van der Waals surface area contributed by atoms with Crippen LogP contribution in [0, 0.1) is 5.92 Å². The molecule has 7 heteroatoms. The lowest BCUT2D eigenvalue weighted by Crippen LogP contribution is -2.48. The summed E-state index contributed by atoms with van der Waals surface area (Å²) >= 11 is 0. The highest BCUT2D eigenvalue weighted by molar-refractivity contribution is 7.89. The van der Waals surface area contributed by atoms with Gasteiger partial charge < -0.3 is 5.32 Å². The van der Waals surface area contributed by atoms with Gasteiger partial charge in [0.05, 0.1) is 11.7 Å². The van der Waals surface area contributed by atoms with Crippen LogP contribution in [0.3, 0.4) is 0 Å². The predicted molar refractivity (Wildman–Crippen MR) is 96.3 cm³/mol. The minimum absolute atomic E-state index is 0.0102. The Hall–Kier alpha value is -0.660. The fourth-order valence-corrected chi connectivity index (χ4v) is 5.34. The summed E-state index contributed by atoms with van der Waals surface area (Å²) in [5, 5.41) is 3.02. The van der Waals surface area contributed by atoms with E-state index in [2.05, 4.69) is 17.1 Å². The maximum atomic E-state index is 12.4. The normalized spacial score (nSPS) is 27.1. The molecule has 2 saturated heterocycles. The van der Waals surface area contributed by atoms with Crippen LogP contribution >= 0.6 is 0 Å². The van der Waals surface area contributed by atoms with Crippen molar-refractivity contribution in [2.45, 2.75) is 58.4 Å². The minimum atomic E-state index is -3.20. The van der Waals surface area contributed by atoms with Gasteiger partial charge in [-0.3, -0.25) is 9.69 Å². The molecule has 6 nitrogen and oxygen atoms in total. The van der Waals surface area contributed by atoms with Crippen molar-refractivity contribution in [1.29, 1.82) is 0 Å². The van der Waals surface area contributed by atoms with Crippen LogP contribution in [-0.2, 0) is 14.8 Å². The Kier molecular flexibility index (Phi) is 7.50. The lowest BCUT2D eigenvalue weighted by Gasteiger charge is -2.34. The molecular formula is C17H33N3O3S. The average molecular weight is 360 g/mol. The maximum Gasteiger partial charge on any atom is 0.224 e. The van der Waals surface area contributed by atoms with Gasteiger partial charge in [-0.15, -0.1) is 0 Å². The van der Waals surface area contributed by atoms with Gasteiger partial charge in [0.2, 0.25) is 15.9 Å². The summed E-state index contributed by atoms with van der Waals surface area (Å²) in [5.74, 6) is -0.0195. The van der Waals surface area contributed by atoms with E-state index in [1.165, 1.54) is 23.6 Å². The van der Waals surface area contributed by atoms with Crippen molar-refractivity contribution in [1.82, 2.24) is 14.5 Å². The van der Waals surface area contributed by atoms with Gasteiger partial charge in [0.15, 0.2) is 0 Å². The van der Waals surface area contributed by atoms with Crippen molar-refractivity contribution in [2.24, 2.45) is 5.92 Å². The zero-order valence-electron chi connectivity index (χ0n) is 15.2. The van der Waals surface area contributed by atoms with Crippen molar-refractivity contribution < 1.29 is 13.2 Å². The first-order chi connectivity index (χ1) is 11.4. The van der Waals surface area contributed by atoms with Gasteiger partial charge in [0, 0.05) is 32.2 Å². The molecule has 24 heavy (non-hydrogen) atoms. The molecule has 0 spiro atoms. The van der Waals surface area contributed by atoms with Gasteiger partial charge in [-0.2, -0.15) is 0 Å². The third kappa shape index (κ3) is 5.43. The van der Waals surface area contributed by atoms with E-state index in [9.17, 15) is 13.2 Å². The second-order valence-corrected chi connectivity index (χ2v) is 9.27. The van der Waals surface area contributed by atoms with E-state index in [0.29, 0.717) is 32.1 Å². The number of carbonyl (C=O) groups excluding carboxylic acids is 1. The Labute approximate surface area is 147 Å². The number of likely N-dealkylation sites (tertiary alicyclic amines) is 1. The molecule has 0 aromatic carbocycles. The Bertz CT molecular complexity index is 509. The Balaban J connectivity index is 1.77. The van der Waals surface area contributed by atoms with E-state index in [1.54, 1.807) is 0 Å². The summed E-state index contributed by atoms with van der Waals surface area (Å²) < 4.78 is 25.9. The molecule has 140 valence electrons. The number of hydrogen-bond donors (Lipinski definition) is 1. The van der Waals surface area contributed by atoms with Crippen molar-refractivity contribution >= 4 is 15.9 Å². The molecule has 2 heterocycles. The van der Waals surface area contributed by atoms with Crippen LogP contribution in [0.15, 0.2) is 0 Å². The fourth-order valence-electron chi connectivity index (χ4n) is 3.75. The molecule has 1 N–H and O–H groups in total. The molecule has 0 saturated carbocycles. The SMILES string of the molecule is CCCS(=O)(=O)N1CCC[C@@H](C(=O)NCCN2CCCC[C@H]2C)C1. The zero-order valence-corrected chi connectivity index (χ0v) is 16.0. The topological polar surface area (TPSA) is 69.7 Å². The van der Waals surface area contributed by atoms with Crippen molar-refractivity contribution in [3.63, 3.8) is 0 Å². The molecule has 2 atom stereocenters.